The number of ether oxygens (including phenoxy) is 1. The first-order chi connectivity index (χ1) is 20.4. The highest BCUT2D eigenvalue weighted by molar-refractivity contribution is 7.85. The van der Waals surface area contributed by atoms with Gasteiger partial charge < -0.3 is 4.74 Å². The van der Waals surface area contributed by atoms with Crippen molar-refractivity contribution < 1.29 is 22.5 Å². The van der Waals surface area contributed by atoms with Crippen molar-refractivity contribution in [1.29, 1.82) is 0 Å². The lowest BCUT2D eigenvalue weighted by atomic mass is 10.0. The number of benzene rings is 1. The van der Waals surface area contributed by atoms with Crippen molar-refractivity contribution in [2.75, 3.05) is 0 Å². The van der Waals surface area contributed by atoms with Crippen LogP contribution in [0.4, 0.5) is 0 Å². The lowest BCUT2D eigenvalue weighted by molar-refractivity contribution is -0.133. The number of esters is 1. The summed E-state index contributed by atoms with van der Waals surface area (Å²) in [6.45, 7) is 2.29. The molecule has 42 heavy (non-hydrogen) atoms. The highest BCUT2D eigenvalue weighted by Gasteiger charge is 2.10. The maximum Gasteiger partial charge on any atom is 0.315 e. The van der Waals surface area contributed by atoms with E-state index in [1.54, 1.807) is 0 Å². The number of hydrogen-bond acceptors (Lipinski definition) is 4. The fourth-order valence-electron chi connectivity index (χ4n) is 5.37. The first kappa shape index (κ1) is 38.4. The molecule has 0 heterocycles. The third-order valence-corrected chi connectivity index (χ3v) is 8.90. The van der Waals surface area contributed by atoms with Crippen LogP contribution in [0, 0.1) is 0 Å². The summed E-state index contributed by atoms with van der Waals surface area (Å²) in [4.78, 5) is 11.7. The van der Waals surface area contributed by atoms with Crippen LogP contribution in [0.15, 0.2) is 41.3 Å². The molecule has 1 N–H and O–H groups in total. The molecular formula is C36H62O5S. The van der Waals surface area contributed by atoms with Crippen molar-refractivity contribution in [3.8, 4) is 5.75 Å². The Kier molecular flexibility index (Phi) is 24.6. The van der Waals surface area contributed by atoms with E-state index in [1.807, 2.05) is 12.2 Å². The van der Waals surface area contributed by atoms with E-state index < -0.39 is 16.1 Å². The Hall–Kier alpha value is -1.66. The molecule has 1 rings (SSSR count). The molecule has 6 heteroatoms. The third kappa shape index (κ3) is 23.9. The second-order valence-corrected chi connectivity index (χ2v) is 13.4. The largest absolute Gasteiger partial charge is 0.426 e. The average Bonchev–Trinajstić information content (AvgIpc) is 2.96. The summed E-state index contributed by atoms with van der Waals surface area (Å²) in [5.74, 6) is -0.142. The molecule has 0 aliphatic rings. The van der Waals surface area contributed by atoms with Crippen molar-refractivity contribution in [2.45, 2.75) is 179 Å². The number of rotatable bonds is 29. The SMILES string of the molecule is CCCCCCCCCCCCCCCCCCCCCCCCCCC=CCC(=O)Oc1ccc(S(=O)(=O)O)cc1. The van der Waals surface area contributed by atoms with E-state index in [0.717, 1.165) is 12.8 Å². The summed E-state index contributed by atoms with van der Waals surface area (Å²) < 4.78 is 36.2. The van der Waals surface area contributed by atoms with Crippen molar-refractivity contribution >= 4 is 16.1 Å². The van der Waals surface area contributed by atoms with Crippen LogP contribution >= 0.6 is 0 Å². The Labute approximate surface area is 259 Å². The van der Waals surface area contributed by atoms with Gasteiger partial charge in [0.25, 0.3) is 10.1 Å². The standard InChI is InChI=1S/C36H62O5S/c1-2-3-4-5-6-7-8-9-10-11-12-13-14-15-16-17-18-19-20-21-22-23-24-25-26-27-28-29-36(37)41-34-30-32-35(33-31-34)42(38,39)40/h27-28,30-33H,2-26,29H2,1H3,(H,38,39,40). The molecule has 0 amide bonds. The summed E-state index contributed by atoms with van der Waals surface area (Å²) in [5.41, 5.74) is 0. The summed E-state index contributed by atoms with van der Waals surface area (Å²) >= 11 is 0. The van der Waals surface area contributed by atoms with Gasteiger partial charge in [0.2, 0.25) is 0 Å². The molecule has 1 aromatic rings. The quantitative estimate of drug-likeness (QED) is 0.0322. The predicted octanol–water partition coefficient (Wildman–Crippen LogP) is 11.6. The van der Waals surface area contributed by atoms with E-state index in [9.17, 15) is 13.2 Å². The van der Waals surface area contributed by atoms with Gasteiger partial charge in [0.05, 0.1) is 11.3 Å². The van der Waals surface area contributed by atoms with Gasteiger partial charge in [-0.2, -0.15) is 8.42 Å². The molecule has 0 bridgehead atoms. The van der Waals surface area contributed by atoms with E-state index in [1.165, 1.54) is 172 Å². The van der Waals surface area contributed by atoms with Crippen molar-refractivity contribution in [2.24, 2.45) is 0 Å². The molecule has 5 nitrogen and oxygen atoms in total. The van der Waals surface area contributed by atoms with Gasteiger partial charge in [-0.25, -0.2) is 0 Å². The van der Waals surface area contributed by atoms with Gasteiger partial charge >= 0.3 is 5.97 Å². The van der Waals surface area contributed by atoms with E-state index in [-0.39, 0.29) is 17.1 Å². The molecule has 0 aliphatic heterocycles. The van der Waals surface area contributed by atoms with E-state index in [0.29, 0.717) is 0 Å². The highest BCUT2D eigenvalue weighted by Crippen LogP contribution is 2.17. The summed E-state index contributed by atoms with van der Waals surface area (Å²) in [7, 11) is -4.24. The molecule has 0 atom stereocenters. The van der Waals surface area contributed by atoms with Gasteiger partial charge in [0, 0.05) is 0 Å². The molecule has 0 spiro atoms. The second kappa shape index (κ2) is 26.9. The third-order valence-electron chi connectivity index (χ3n) is 8.03. The second-order valence-electron chi connectivity index (χ2n) is 12.0. The Morgan fingerprint density at radius 1 is 0.595 bits per heavy atom. The Morgan fingerprint density at radius 2 is 0.952 bits per heavy atom. The summed E-state index contributed by atoms with van der Waals surface area (Å²) in [6.07, 6.45) is 38.5. The number of hydrogen-bond donors (Lipinski definition) is 1. The van der Waals surface area contributed by atoms with E-state index in [2.05, 4.69) is 6.92 Å². The molecule has 1 aromatic carbocycles. The first-order valence-electron chi connectivity index (χ1n) is 17.4. The van der Waals surface area contributed by atoms with Crippen molar-refractivity contribution in [3.05, 3.63) is 36.4 Å². The van der Waals surface area contributed by atoms with Gasteiger partial charge in [0.1, 0.15) is 5.75 Å². The molecule has 0 saturated heterocycles. The topological polar surface area (TPSA) is 80.7 Å². The van der Waals surface area contributed by atoms with Gasteiger partial charge in [0.15, 0.2) is 0 Å². The van der Waals surface area contributed by atoms with Crippen LogP contribution in [0.1, 0.15) is 174 Å². The fourth-order valence-corrected chi connectivity index (χ4v) is 5.85. The number of allylic oxidation sites excluding steroid dienone is 1. The molecular weight excluding hydrogens is 544 g/mol. The van der Waals surface area contributed by atoms with Crippen molar-refractivity contribution in [1.82, 2.24) is 0 Å². The number of carbonyl (C=O) groups is 1. The zero-order valence-electron chi connectivity index (χ0n) is 26.8. The maximum atomic E-state index is 11.9. The van der Waals surface area contributed by atoms with Crippen LogP contribution < -0.4 is 4.74 Å². The predicted molar refractivity (Wildman–Crippen MR) is 177 cm³/mol. The Morgan fingerprint density at radius 3 is 1.31 bits per heavy atom. The Bertz CT molecular complexity index is 892. The normalized spacial score (nSPS) is 11.9. The van der Waals surface area contributed by atoms with E-state index in [4.69, 9.17) is 9.29 Å². The molecule has 0 unspecified atom stereocenters. The molecule has 0 fully saturated rings. The van der Waals surface area contributed by atoms with Gasteiger partial charge in [-0.05, 0) is 37.1 Å². The molecule has 0 radical (unpaired) electrons. The van der Waals surface area contributed by atoms with Crippen molar-refractivity contribution in [3.63, 3.8) is 0 Å². The van der Waals surface area contributed by atoms with Crippen LogP contribution in [0.5, 0.6) is 5.75 Å². The van der Waals surface area contributed by atoms with Crippen LogP contribution in [-0.2, 0) is 14.9 Å². The van der Waals surface area contributed by atoms with Gasteiger partial charge in [-0.1, -0.05) is 167 Å². The van der Waals surface area contributed by atoms with Gasteiger partial charge in [-0.15, -0.1) is 0 Å². The lowest BCUT2D eigenvalue weighted by Gasteiger charge is -2.04. The monoisotopic (exact) mass is 606 g/mol. The van der Waals surface area contributed by atoms with Gasteiger partial charge in [-0.3, -0.25) is 9.35 Å². The Balaban J connectivity index is 1.78. The fraction of sp³-hybridized carbons (Fsp3) is 0.750. The van der Waals surface area contributed by atoms with Crippen LogP contribution in [0.3, 0.4) is 0 Å². The van der Waals surface area contributed by atoms with E-state index >= 15 is 0 Å². The van der Waals surface area contributed by atoms with Crippen LogP contribution in [0.2, 0.25) is 0 Å². The average molecular weight is 607 g/mol. The lowest BCUT2D eigenvalue weighted by Crippen LogP contribution is -2.06. The smallest absolute Gasteiger partial charge is 0.315 e. The van der Waals surface area contributed by atoms with Crippen LogP contribution in [-0.4, -0.2) is 18.9 Å². The molecule has 242 valence electrons. The summed E-state index contributed by atoms with van der Waals surface area (Å²) in [6, 6.07) is 5.12. The highest BCUT2D eigenvalue weighted by atomic mass is 32.2. The maximum absolute atomic E-state index is 11.9. The zero-order valence-corrected chi connectivity index (χ0v) is 27.7. The minimum absolute atomic E-state index is 0.180. The molecule has 0 aliphatic carbocycles. The number of unbranched alkanes of at least 4 members (excludes halogenated alkanes) is 24. The summed E-state index contributed by atoms with van der Waals surface area (Å²) in [5, 5.41) is 0. The molecule has 0 aromatic heterocycles. The zero-order chi connectivity index (χ0) is 30.6. The number of carbonyl (C=O) groups excluding carboxylic acids is 1. The molecule has 0 saturated carbocycles. The minimum Gasteiger partial charge on any atom is -0.426 e. The van der Waals surface area contributed by atoms with Crippen LogP contribution in [0.25, 0.3) is 0 Å². The minimum atomic E-state index is -4.24. The first-order valence-corrected chi connectivity index (χ1v) is 18.8.